The Labute approximate surface area is 118 Å². The Morgan fingerprint density at radius 1 is 0.842 bits per heavy atom. The van der Waals surface area contributed by atoms with E-state index in [0.717, 1.165) is 6.61 Å². The zero-order valence-electron chi connectivity index (χ0n) is 12.8. The van der Waals surface area contributed by atoms with Gasteiger partial charge in [0, 0.05) is 18.7 Å². The summed E-state index contributed by atoms with van der Waals surface area (Å²) >= 11 is 0. The second-order valence-electron chi connectivity index (χ2n) is 6.42. The number of rotatable bonds is 6. The van der Waals surface area contributed by atoms with Crippen molar-refractivity contribution in [1.29, 1.82) is 0 Å². The van der Waals surface area contributed by atoms with Crippen LogP contribution in [0.25, 0.3) is 0 Å². The average molecular weight is 268 g/mol. The van der Waals surface area contributed by atoms with E-state index in [0.29, 0.717) is 12.1 Å². The fourth-order valence-corrected chi connectivity index (χ4v) is 3.69. The highest BCUT2D eigenvalue weighted by molar-refractivity contribution is 4.83. The first-order chi connectivity index (χ1) is 9.22. The smallest absolute Gasteiger partial charge is 0.172 e. The highest BCUT2D eigenvalue weighted by atomic mass is 16.5. The average Bonchev–Trinajstić information content (AvgIpc) is 2.41. The molecule has 0 aromatic rings. The molecule has 2 saturated carbocycles. The van der Waals surface area contributed by atoms with Crippen molar-refractivity contribution in [2.24, 2.45) is 0 Å². The van der Waals surface area contributed by atoms with Gasteiger partial charge in [-0.25, -0.2) is 0 Å². The summed E-state index contributed by atoms with van der Waals surface area (Å²) in [5.41, 5.74) is 0. The molecule has 2 N–H and O–H groups in total. The van der Waals surface area contributed by atoms with Gasteiger partial charge in [-0.1, -0.05) is 38.5 Å². The Hall–Kier alpha value is -0.120. The monoisotopic (exact) mass is 268 g/mol. The van der Waals surface area contributed by atoms with E-state index in [2.05, 4.69) is 24.5 Å². The van der Waals surface area contributed by atoms with E-state index in [1.165, 1.54) is 64.2 Å². The van der Waals surface area contributed by atoms with Crippen LogP contribution in [0.3, 0.4) is 0 Å². The van der Waals surface area contributed by atoms with Gasteiger partial charge in [0.25, 0.3) is 0 Å². The Morgan fingerprint density at radius 3 is 1.63 bits per heavy atom. The Kier molecular flexibility index (Phi) is 6.11. The second kappa shape index (κ2) is 7.61. The van der Waals surface area contributed by atoms with Crippen LogP contribution in [0.15, 0.2) is 0 Å². The molecule has 2 aliphatic rings. The van der Waals surface area contributed by atoms with Crippen LogP contribution in [0, 0.1) is 0 Å². The van der Waals surface area contributed by atoms with Crippen LogP contribution in [0.2, 0.25) is 0 Å². The molecule has 0 atom stereocenters. The third kappa shape index (κ3) is 5.05. The van der Waals surface area contributed by atoms with Gasteiger partial charge in [0.05, 0.1) is 0 Å². The zero-order chi connectivity index (χ0) is 13.6. The van der Waals surface area contributed by atoms with Crippen molar-refractivity contribution in [1.82, 2.24) is 10.6 Å². The van der Waals surface area contributed by atoms with Crippen LogP contribution in [0.4, 0.5) is 0 Å². The minimum absolute atomic E-state index is 0.335. The summed E-state index contributed by atoms with van der Waals surface area (Å²) in [6.07, 6.45) is 13.5. The molecule has 112 valence electrons. The van der Waals surface area contributed by atoms with E-state index in [1.807, 2.05) is 0 Å². The summed E-state index contributed by atoms with van der Waals surface area (Å²) in [5, 5.41) is 7.49. The third-order valence-electron chi connectivity index (χ3n) is 4.60. The first kappa shape index (κ1) is 15.3. The van der Waals surface area contributed by atoms with Crippen molar-refractivity contribution in [3.63, 3.8) is 0 Å². The Bertz CT molecular complexity index is 225. The van der Waals surface area contributed by atoms with Crippen molar-refractivity contribution in [3.8, 4) is 0 Å². The van der Waals surface area contributed by atoms with E-state index < -0.39 is 0 Å². The van der Waals surface area contributed by atoms with Crippen molar-refractivity contribution in [3.05, 3.63) is 0 Å². The standard InChI is InChI=1S/C16H32N2O/c1-3-19-16(2,17-14-10-6-4-7-11-14)18-15-12-8-5-9-13-15/h14-15,17-18H,3-13H2,1-2H3. The molecule has 2 fully saturated rings. The molecule has 0 aromatic heterocycles. The van der Waals surface area contributed by atoms with Crippen molar-refractivity contribution >= 4 is 0 Å². The van der Waals surface area contributed by atoms with Crippen LogP contribution < -0.4 is 10.6 Å². The lowest BCUT2D eigenvalue weighted by Crippen LogP contribution is -2.62. The molecule has 0 saturated heterocycles. The van der Waals surface area contributed by atoms with Gasteiger partial charge < -0.3 is 4.74 Å². The molecular weight excluding hydrogens is 236 g/mol. The summed E-state index contributed by atoms with van der Waals surface area (Å²) in [6, 6.07) is 1.25. The van der Waals surface area contributed by atoms with Gasteiger partial charge in [-0.15, -0.1) is 0 Å². The number of nitrogens with one attached hydrogen (secondary N) is 2. The number of hydrogen-bond donors (Lipinski definition) is 2. The van der Waals surface area contributed by atoms with Crippen molar-refractivity contribution in [2.45, 2.75) is 96.0 Å². The fraction of sp³-hybridized carbons (Fsp3) is 1.00. The molecule has 0 bridgehead atoms. The number of hydrogen-bond acceptors (Lipinski definition) is 3. The van der Waals surface area contributed by atoms with Gasteiger partial charge in [0.1, 0.15) is 0 Å². The van der Waals surface area contributed by atoms with Crippen LogP contribution in [-0.2, 0) is 4.74 Å². The molecule has 3 heteroatoms. The van der Waals surface area contributed by atoms with Gasteiger partial charge in [-0.2, -0.15) is 0 Å². The third-order valence-corrected chi connectivity index (χ3v) is 4.60. The largest absolute Gasteiger partial charge is 0.348 e. The molecule has 2 rings (SSSR count). The van der Waals surface area contributed by atoms with E-state index in [1.54, 1.807) is 0 Å². The van der Waals surface area contributed by atoms with Crippen LogP contribution >= 0.6 is 0 Å². The molecule has 2 aliphatic carbocycles. The van der Waals surface area contributed by atoms with Crippen LogP contribution in [0.1, 0.15) is 78.1 Å². The summed E-state index contributed by atoms with van der Waals surface area (Å²) in [7, 11) is 0. The topological polar surface area (TPSA) is 33.3 Å². The Balaban J connectivity index is 1.86. The van der Waals surface area contributed by atoms with Crippen LogP contribution in [-0.4, -0.2) is 24.5 Å². The fourth-order valence-electron chi connectivity index (χ4n) is 3.69. The molecule has 0 spiro atoms. The second-order valence-corrected chi connectivity index (χ2v) is 6.42. The lowest BCUT2D eigenvalue weighted by atomic mass is 9.94. The number of ether oxygens (including phenoxy) is 1. The lowest BCUT2D eigenvalue weighted by Gasteiger charge is -2.40. The summed E-state index contributed by atoms with van der Waals surface area (Å²) in [4.78, 5) is 0. The SMILES string of the molecule is CCOC(C)(NC1CCCCC1)NC1CCCCC1. The summed E-state index contributed by atoms with van der Waals surface area (Å²) in [5.74, 6) is -0.335. The minimum atomic E-state index is -0.335. The molecular formula is C16H32N2O. The highest BCUT2D eigenvalue weighted by Gasteiger charge is 2.31. The zero-order valence-corrected chi connectivity index (χ0v) is 12.8. The van der Waals surface area contributed by atoms with Gasteiger partial charge in [0.15, 0.2) is 5.85 Å². The van der Waals surface area contributed by atoms with E-state index in [4.69, 9.17) is 4.74 Å². The first-order valence-electron chi connectivity index (χ1n) is 8.41. The first-order valence-corrected chi connectivity index (χ1v) is 8.41. The normalized spacial score (nSPS) is 23.7. The van der Waals surface area contributed by atoms with Crippen molar-refractivity contribution < 1.29 is 4.74 Å². The van der Waals surface area contributed by atoms with E-state index in [-0.39, 0.29) is 5.85 Å². The van der Waals surface area contributed by atoms with Gasteiger partial charge >= 0.3 is 0 Å². The molecule has 0 amide bonds. The van der Waals surface area contributed by atoms with Gasteiger partial charge in [-0.05, 0) is 39.5 Å². The van der Waals surface area contributed by atoms with Gasteiger partial charge in [-0.3, -0.25) is 10.6 Å². The molecule has 0 aliphatic heterocycles. The molecule has 0 radical (unpaired) electrons. The molecule has 0 unspecified atom stereocenters. The summed E-state index contributed by atoms with van der Waals surface area (Å²) in [6.45, 7) is 5.03. The minimum Gasteiger partial charge on any atom is -0.348 e. The maximum Gasteiger partial charge on any atom is 0.172 e. The Morgan fingerprint density at radius 2 is 1.26 bits per heavy atom. The van der Waals surface area contributed by atoms with Gasteiger partial charge in [0.2, 0.25) is 0 Å². The maximum absolute atomic E-state index is 6.01. The maximum atomic E-state index is 6.01. The predicted molar refractivity (Wildman–Crippen MR) is 80.0 cm³/mol. The molecule has 0 heterocycles. The van der Waals surface area contributed by atoms with E-state index in [9.17, 15) is 0 Å². The molecule has 0 aromatic carbocycles. The molecule has 3 nitrogen and oxygen atoms in total. The van der Waals surface area contributed by atoms with E-state index >= 15 is 0 Å². The van der Waals surface area contributed by atoms with Crippen molar-refractivity contribution in [2.75, 3.05) is 6.61 Å². The molecule has 19 heavy (non-hydrogen) atoms. The summed E-state index contributed by atoms with van der Waals surface area (Å²) < 4.78 is 6.01. The van der Waals surface area contributed by atoms with Crippen LogP contribution in [0.5, 0.6) is 0 Å². The highest BCUT2D eigenvalue weighted by Crippen LogP contribution is 2.23. The quantitative estimate of drug-likeness (QED) is 0.723. The lowest BCUT2D eigenvalue weighted by molar-refractivity contribution is -0.0956. The predicted octanol–water partition coefficient (Wildman–Crippen LogP) is 3.54.